The maximum atomic E-state index is 12.5. The molecule has 0 aliphatic carbocycles. The SMILES string of the molecule is CC(C)(C)c1cc(S(N)(=O)=O)c(Cc2ccc([N+](=O)[O-])cc2)c(C(C)(C)C)c1O. The zero-order chi connectivity index (χ0) is 22.4. The van der Waals surface area contributed by atoms with Crippen LogP contribution in [0.25, 0.3) is 0 Å². The molecule has 0 aromatic heterocycles. The molecule has 0 aliphatic heterocycles. The molecule has 2 aromatic carbocycles. The third-order valence-electron chi connectivity index (χ3n) is 4.76. The van der Waals surface area contributed by atoms with Crippen LogP contribution in [-0.2, 0) is 27.3 Å². The quantitative estimate of drug-likeness (QED) is 0.568. The van der Waals surface area contributed by atoms with E-state index in [2.05, 4.69) is 0 Å². The fourth-order valence-corrected chi connectivity index (χ4v) is 4.24. The summed E-state index contributed by atoms with van der Waals surface area (Å²) < 4.78 is 24.9. The Labute approximate surface area is 171 Å². The fraction of sp³-hybridized carbons (Fsp3) is 0.429. The van der Waals surface area contributed by atoms with Crippen molar-refractivity contribution in [2.45, 2.75) is 63.7 Å². The van der Waals surface area contributed by atoms with Crippen molar-refractivity contribution in [3.8, 4) is 5.75 Å². The van der Waals surface area contributed by atoms with Gasteiger partial charge in [-0.2, -0.15) is 0 Å². The van der Waals surface area contributed by atoms with E-state index in [4.69, 9.17) is 5.14 Å². The van der Waals surface area contributed by atoms with Crippen LogP contribution in [0, 0.1) is 10.1 Å². The highest BCUT2D eigenvalue weighted by atomic mass is 32.2. The number of benzene rings is 2. The minimum Gasteiger partial charge on any atom is -0.507 e. The summed E-state index contributed by atoms with van der Waals surface area (Å²) >= 11 is 0. The number of phenols is 1. The number of nitrogens with two attached hydrogens (primary N) is 1. The molecule has 0 spiro atoms. The van der Waals surface area contributed by atoms with Crippen molar-refractivity contribution in [1.29, 1.82) is 0 Å². The van der Waals surface area contributed by atoms with Crippen molar-refractivity contribution in [2.24, 2.45) is 5.14 Å². The standard InChI is InChI=1S/C21H28N2O5S/c1-20(2,3)16-12-17(29(22,27)28)15(18(19(16)24)21(4,5)6)11-13-7-9-14(10-8-13)23(25)26/h7-10,12,24H,11H2,1-6H3,(H2,22,27,28). The average molecular weight is 421 g/mol. The van der Waals surface area contributed by atoms with Gasteiger partial charge in [-0.3, -0.25) is 10.1 Å². The first kappa shape index (κ1) is 22.8. The van der Waals surface area contributed by atoms with Gasteiger partial charge in [-0.05, 0) is 34.4 Å². The number of nitro groups is 1. The van der Waals surface area contributed by atoms with E-state index in [1.807, 2.05) is 41.5 Å². The molecule has 0 bridgehead atoms. The summed E-state index contributed by atoms with van der Waals surface area (Å²) in [5.74, 6) is 0.0503. The zero-order valence-electron chi connectivity index (χ0n) is 17.6. The average Bonchev–Trinajstić information content (AvgIpc) is 2.51. The lowest BCUT2D eigenvalue weighted by molar-refractivity contribution is -0.384. The Morgan fingerprint density at radius 1 is 1.03 bits per heavy atom. The number of non-ortho nitro benzene ring substituents is 1. The summed E-state index contributed by atoms with van der Waals surface area (Å²) in [5.41, 5.74) is 0.956. The molecule has 0 saturated carbocycles. The summed E-state index contributed by atoms with van der Waals surface area (Å²) in [7, 11) is -4.08. The summed E-state index contributed by atoms with van der Waals surface area (Å²) in [6.45, 7) is 11.3. The van der Waals surface area contributed by atoms with Gasteiger partial charge in [-0.1, -0.05) is 53.7 Å². The maximum absolute atomic E-state index is 12.5. The molecule has 158 valence electrons. The molecule has 2 aromatic rings. The molecule has 3 N–H and O–H groups in total. The third kappa shape index (κ3) is 4.94. The molecule has 0 heterocycles. The van der Waals surface area contributed by atoms with Gasteiger partial charge >= 0.3 is 0 Å². The van der Waals surface area contributed by atoms with E-state index in [1.165, 1.54) is 18.2 Å². The first-order chi connectivity index (χ1) is 13.0. The molecule has 0 radical (unpaired) electrons. The molecule has 29 heavy (non-hydrogen) atoms. The number of hydrogen-bond acceptors (Lipinski definition) is 5. The molecule has 0 amide bonds. The molecule has 0 fully saturated rings. The van der Waals surface area contributed by atoms with Gasteiger partial charge in [0.05, 0.1) is 9.82 Å². The number of nitro benzene ring substituents is 1. The van der Waals surface area contributed by atoms with Crippen LogP contribution in [0.2, 0.25) is 0 Å². The second-order valence-corrected chi connectivity index (χ2v) is 10.8. The van der Waals surface area contributed by atoms with Gasteiger partial charge < -0.3 is 5.11 Å². The lowest BCUT2D eigenvalue weighted by Gasteiger charge is -2.31. The van der Waals surface area contributed by atoms with Gasteiger partial charge in [0.15, 0.2) is 0 Å². The van der Waals surface area contributed by atoms with Crippen molar-refractivity contribution in [1.82, 2.24) is 0 Å². The highest BCUT2D eigenvalue weighted by Crippen LogP contribution is 2.44. The number of sulfonamides is 1. The van der Waals surface area contributed by atoms with E-state index in [1.54, 1.807) is 12.1 Å². The Morgan fingerprint density at radius 2 is 1.55 bits per heavy atom. The van der Waals surface area contributed by atoms with E-state index in [-0.39, 0.29) is 22.8 Å². The smallest absolute Gasteiger partial charge is 0.269 e. The minimum absolute atomic E-state index is 0.0384. The number of rotatable bonds is 4. The van der Waals surface area contributed by atoms with Crippen molar-refractivity contribution in [3.05, 3.63) is 62.7 Å². The monoisotopic (exact) mass is 420 g/mol. The van der Waals surface area contributed by atoms with Gasteiger partial charge in [-0.25, -0.2) is 13.6 Å². The van der Waals surface area contributed by atoms with Gasteiger partial charge in [0.25, 0.3) is 5.69 Å². The minimum atomic E-state index is -4.08. The number of aromatic hydroxyl groups is 1. The summed E-state index contributed by atoms with van der Waals surface area (Å²) in [5, 5.41) is 27.5. The lowest BCUT2D eigenvalue weighted by Crippen LogP contribution is -2.24. The van der Waals surface area contributed by atoms with Crippen molar-refractivity contribution < 1.29 is 18.4 Å². The molecule has 0 unspecified atom stereocenters. The van der Waals surface area contributed by atoms with Crippen LogP contribution in [0.4, 0.5) is 5.69 Å². The highest BCUT2D eigenvalue weighted by molar-refractivity contribution is 7.89. The van der Waals surface area contributed by atoms with Crippen LogP contribution in [0.5, 0.6) is 5.75 Å². The van der Waals surface area contributed by atoms with Gasteiger partial charge in [0.1, 0.15) is 5.75 Å². The molecule has 0 aliphatic rings. The van der Waals surface area contributed by atoms with Crippen LogP contribution in [-0.4, -0.2) is 18.4 Å². The van der Waals surface area contributed by atoms with Crippen molar-refractivity contribution >= 4 is 15.7 Å². The van der Waals surface area contributed by atoms with Gasteiger partial charge in [-0.15, -0.1) is 0 Å². The van der Waals surface area contributed by atoms with Crippen LogP contribution < -0.4 is 5.14 Å². The zero-order valence-corrected chi connectivity index (χ0v) is 18.4. The highest BCUT2D eigenvalue weighted by Gasteiger charge is 2.33. The fourth-order valence-electron chi connectivity index (χ4n) is 3.44. The number of phenolic OH excluding ortho intramolecular Hbond substituents is 1. The number of primary sulfonamides is 1. The number of hydrogen-bond donors (Lipinski definition) is 2. The van der Waals surface area contributed by atoms with Crippen molar-refractivity contribution in [2.75, 3.05) is 0 Å². The van der Waals surface area contributed by atoms with Gasteiger partial charge in [0.2, 0.25) is 10.0 Å². The lowest BCUT2D eigenvalue weighted by atomic mass is 9.76. The van der Waals surface area contributed by atoms with Crippen LogP contribution in [0.15, 0.2) is 35.2 Å². The summed E-state index contributed by atoms with van der Waals surface area (Å²) in [6, 6.07) is 7.33. The first-order valence-corrected chi connectivity index (χ1v) is 10.7. The van der Waals surface area contributed by atoms with Crippen molar-refractivity contribution in [3.63, 3.8) is 0 Å². The predicted molar refractivity (Wildman–Crippen MR) is 113 cm³/mol. The summed E-state index contributed by atoms with van der Waals surface area (Å²) in [4.78, 5) is 10.4. The van der Waals surface area contributed by atoms with E-state index in [0.717, 1.165) is 0 Å². The Morgan fingerprint density at radius 3 is 1.93 bits per heavy atom. The maximum Gasteiger partial charge on any atom is 0.269 e. The Balaban J connectivity index is 2.84. The predicted octanol–water partition coefficient (Wildman–Crippen LogP) is 4.13. The van der Waals surface area contributed by atoms with Crippen LogP contribution >= 0.6 is 0 Å². The molecule has 0 saturated heterocycles. The Bertz CT molecular complexity index is 1040. The van der Waals surface area contributed by atoms with E-state index in [0.29, 0.717) is 22.3 Å². The van der Waals surface area contributed by atoms with E-state index in [9.17, 15) is 23.6 Å². The molecular weight excluding hydrogens is 392 g/mol. The molecule has 2 rings (SSSR count). The van der Waals surface area contributed by atoms with E-state index >= 15 is 0 Å². The first-order valence-electron chi connectivity index (χ1n) is 9.19. The van der Waals surface area contributed by atoms with E-state index < -0.39 is 25.8 Å². The van der Waals surface area contributed by atoms with Gasteiger partial charge in [0, 0.05) is 23.3 Å². The largest absolute Gasteiger partial charge is 0.507 e. The Hall–Kier alpha value is -2.45. The number of nitrogens with zero attached hydrogens (tertiary/aromatic N) is 1. The molecule has 8 heteroatoms. The normalized spacial score (nSPS) is 12.8. The molecule has 7 nitrogen and oxygen atoms in total. The second-order valence-electron chi connectivity index (χ2n) is 9.27. The second kappa shape index (κ2) is 7.42. The van der Waals surface area contributed by atoms with Crippen LogP contribution in [0.1, 0.15) is 63.8 Å². The summed E-state index contributed by atoms with van der Waals surface area (Å²) in [6.07, 6.45) is 0.161. The molecule has 0 atom stereocenters. The van der Waals surface area contributed by atoms with Crippen LogP contribution in [0.3, 0.4) is 0 Å². The molecular formula is C21H28N2O5S. The Kier molecular flexibility index (Phi) is 5.84. The topological polar surface area (TPSA) is 124 Å². The third-order valence-corrected chi connectivity index (χ3v) is 5.74.